The molecule has 1 saturated heterocycles. The molecule has 1 aromatic heterocycles. The number of hydrogen-bond acceptors (Lipinski definition) is 5. The molecule has 1 atom stereocenters. The van der Waals surface area contributed by atoms with Crippen LogP contribution >= 0.6 is 11.6 Å². The highest BCUT2D eigenvalue weighted by Gasteiger charge is 2.35. The third-order valence-electron chi connectivity index (χ3n) is 4.83. The number of carbonyl (C=O) groups excluding carboxylic acids is 1. The van der Waals surface area contributed by atoms with Crippen LogP contribution in [0.15, 0.2) is 36.5 Å². The van der Waals surface area contributed by atoms with Gasteiger partial charge in [0.1, 0.15) is 12.4 Å². The highest BCUT2D eigenvalue weighted by atomic mass is 35.5. The van der Waals surface area contributed by atoms with Gasteiger partial charge < -0.3 is 19.3 Å². The Morgan fingerprint density at radius 3 is 3.11 bits per heavy atom. The highest BCUT2D eigenvalue weighted by molar-refractivity contribution is 6.30. The lowest BCUT2D eigenvalue weighted by atomic mass is 10.1. The Labute approximate surface area is 163 Å². The number of carbonyl (C=O) groups is 1. The van der Waals surface area contributed by atoms with Gasteiger partial charge in [-0.25, -0.2) is 4.98 Å². The SMILES string of the molecule is CCCOc1cccc(C(=O)N2CCN3c4ncc(Cl)cc4OCC3C2)c1. The molecule has 2 aromatic rings. The van der Waals surface area contributed by atoms with E-state index in [9.17, 15) is 4.79 Å². The number of benzene rings is 1. The predicted molar refractivity (Wildman–Crippen MR) is 104 cm³/mol. The number of hydrogen-bond donors (Lipinski definition) is 0. The Kier molecular flexibility index (Phi) is 5.07. The van der Waals surface area contributed by atoms with Gasteiger partial charge in [-0.1, -0.05) is 24.6 Å². The molecule has 0 spiro atoms. The molecule has 1 amide bonds. The van der Waals surface area contributed by atoms with E-state index in [4.69, 9.17) is 21.1 Å². The van der Waals surface area contributed by atoms with Gasteiger partial charge in [-0.2, -0.15) is 0 Å². The summed E-state index contributed by atoms with van der Waals surface area (Å²) in [6, 6.07) is 9.28. The van der Waals surface area contributed by atoms with Crippen molar-refractivity contribution in [3.63, 3.8) is 0 Å². The van der Waals surface area contributed by atoms with Crippen LogP contribution in [0.3, 0.4) is 0 Å². The molecule has 2 aliphatic heterocycles. The van der Waals surface area contributed by atoms with E-state index < -0.39 is 0 Å². The summed E-state index contributed by atoms with van der Waals surface area (Å²) in [7, 11) is 0. The number of anilines is 1. The number of fused-ring (bicyclic) bond motifs is 3. The summed E-state index contributed by atoms with van der Waals surface area (Å²) in [5, 5.41) is 0.561. The van der Waals surface area contributed by atoms with Crippen molar-refractivity contribution in [1.29, 1.82) is 0 Å². The average Bonchev–Trinajstić information content (AvgIpc) is 2.71. The Balaban J connectivity index is 1.47. The summed E-state index contributed by atoms with van der Waals surface area (Å²) in [5.74, 6) is 2.26. The van der Waals surface area contributed by atoms with E-state index in [-0.39, 0.29) is 11.9 Å². The Bertz CT molecular complexity index is 845. The molecule has 0 aliphatic carbocycles. The minimum atomic E-state index is 0.0199. The van der Waals surface area contributed by atoms with E-state index in [1.165, 1.54) is 0 Å². The van der Waals surface area contributed by atoms with Crippen LogP contribution < -0.4 is 14.4 Å². The number of ether oxygens (including phenoxy) is 2. The lowest BCUT2D eigenvalue weighted by molar-refractivity contribution is 0.0694. The quantitative estimate of drug-likeness (QED) is 0.806. The monoisotopic (exact) mass is 387 g/mol. The summed E-state index contributed by atoms with van der Waals surface area (Å²) in [5.41, 5.74) is 0.652. The number of rotatable bonds is 4. The van der Waals surface area contributed by atoms with E-state index in [1.54, 1.807) is 12.3 Å². The van der Waals surface area contributed by atoms with Gasteiger partial charge in [-0.05, 0) is 24.6 Å². The van der Waals surface area contributed by atoms with Crippen LogP contribution in [-0.2, 0) is 0 Å². The molecule has 1 fully saturated rings. The smallest absolute Gasteiger partial charge is 0.254 e. The molecule has 4 rings (SSSR count). The summed E-state index contributed by atoms with van der Waals surface area (Å²) >= 11 is 6.00. The van der Waals surface area contributed by atoms with Crippen LogP contribution in [0.1, 0.15) is 23.7 Å². The van der Waals surface area contributed by atoms with Gasteiger partial charge in [-0.15, -0.1) is 0 Å². The maximum absolute atomic E-state index is 13.0. The lowest BCUT2D eigenvalue weighted by Gasteiger charge is -2.44. The fourth-order valence-electron chi connectivity index (χ4n) is 3.50. The fourth-order valence-corrected chi connectivity index (χ4v) is 3.65. The fraction of sp³-hybridized carbons (Fsp3) is 0.400. The normalized spacial score (nSPS) is 18.4. The van der Waals surface area contributed by atoms with Crippen molar-refractivity contribution in [2.75, 3.05) is 37.7 Å². The molecular weight excluding hydrogens is 366 g/mol. The second-order valence-corrected chi connectivity index (χ2v) is 7.20. The van der Waals surface area contributed by atoms with Crippen molar-refractivity contribution in [2.24, 2.45) is 0 Å². The first-order valence-corrected chi connectivity index (χ1v) is 9.60. The van der Waals surface area contributed by atoms with Gasteiger partial charge in [0, 0.05) is 37.5 Å². The summed E-state index contributed by atoms with van der Waals surface area (Å²) in [4.78, 5) is 21.5. The third-order valence-corrected chi connectivity index (χ3v) is 5.03. The van der Waals surface area contributed by atoms with Crippen molar-refractivity contribution in [1.82, 2.24) is 9.88 Å². The molecule has 7 heteroatoms. The topological polar surface area (TPSA) is 54.9 Å². The summed E-state index contributed by atoms with van der Waals surface area (Å²) in [6.07, 6.45) is 2.56. The molecule has 6 nitrogen and oxygen atoms in total. The van der Waals surface area contributed by atoms with E-state index in [2.05, 4.69) is 16.8 Å². The van der Waals surface area contributed by atoms with Crippen LogP contribution in [-0.4, -0.2) is 54.7 Å². The summed E-state index contributed by atoms with van der Waals surface area (Å²) in [6.45, 7) is 5.17. The molecule has 3 heterocycles. The van der Waals surface area contributed by atoms with E-state index in [0.29, 0.717) is 49.2 Å². The second kappa shape index (κ2) is 7.64. The van der Waals surface area contributed by atoms with Crippen LogP contribution in [0.5, 0.6) is 11.5 Å². The zero-order chi connectivity index (χ0) is 18.8. The molecule has 1 unspecified atom stereocenters. The van der Waals surface area contributed by atoms with Gasteiger partial charge in [-0.3, -0.25) is 4.79 Å². The van der Waals surface area contributed by atoms with Crippen molar-refractivity contribution >= 4 is 23.3 Å². The minimum Gasteiger partial charge on any atom is -0.494 e. The molecule has 0 N–H and O–H groups in total. The number of amides is 1. The van der Waals surface area contributed by atoms with Gasteiger partial charge in [0.25, 0.3) is 5.91 Å². The minimum absolute atomic E-state index is 0.0199. The molecule has 0 saturated carbocycles. The Morgan fingerprint density at radius 2 is 2.26 bits per heavy atom. The number of pyridine rings is 1. The maximum Gasteiger partial charge on any atom is 0.254 e. The zero-order valence-electron chi connectivity index (χ0n) is 15.2. The standard InChI is InChI=1S/C20H22ClN3O3/c1-2-8-26-17-5-3-4-14(9-17)20(25)23-6-7-24-16(12-23)13-27-18-10-15(21)11-22-19(18)24/h3-5,9-11,16H,2,6-8,12-13H2,1H3. The summed E-state index contributed by atoms with van der Waals surface area (Å²) < 4.78 is 11.5. The van der Waals surface area contributed by atoms with Crippen molar-refractivity contribution in [2.45, 2.75) is 19.4 Å². The number of halogens is 1. The first-order valence-electron chi connectivity index (χ1n) is 9.23. The molecule has 2 aliphatic rings. The average molecular weight is 388 g/mol. The first-order chi connectivity index (χ1) is 13.2. The largest absolute Gasteiger partial charge is 0.494 e. The maximum atomic E-state index is 13.0. The number of piperazine rings is 1. The molecule has 0 radical (unpaired) electrons. The first kappa shape index (κ1) is 17.9. The molecular formula is C20H22ClN3O3. The van der Waals surface area contributed by atoms with E-state index in [1.807, 2.05) is 29.2 Å². The Hall–Kier alpha value is -2.47. The van der Waals surface area contributed by atoms with Gasteiger partial charge >= 0.3 is 0 Å². The molecule has 27 heavy (non-hydrogen) atoms. The molecule has 142 valence electrons. The van der Waals surface area contributed by atoms with Crippen LogP contribution in [0.2, 0.25) is 5.02 Å². The van der Waals surface area contributed by atoms with Crippen molar-refractivity contribution < 1.29 is 14.3 Å². The van der Waals surface area contributed by atoms with Crippen LogP contribution in [0.4, 0.5) is 5.82 Å². The van der Waals surface area contributed by atoms with Crippen LogP contribution in [0, 0.1) is 0 Å². The molecule has 0 bridgehead atoms. The highest BCUT2D eigenvalue weighted by Crippen LogP contribution is 2.35. The van der Waals surface area contributed by atoms with Gasteiger partial charge in [0.15, 0.2) is 11.6 Å². The molecule has 1 aromatic carbocycles. The van der Waals surface area contributed by atoms with Crippen molar-refractivity contribution in [3.8, 4) is 11.5 Å². The lowest BCUT2D eigenvalue weighted by Crippen LogP contribution is -2.58. The number of nitrogens with zero attached hydrogens (tertiary/aromatic N) is 3. The van der Waals surface area contributed by atoms with E-state index in [0.717, 1.165) is 18.0 Å². The van der Waals surface area contributed by atoms with Crippen molar-refractivity contribution in [3.05, 3.63) is 47.1 Å². The second-order valence-electron chi connectivity index (χ2n) is 6.76. The van der Waals surface area contributed by atoms with Gasteiger partial charge in [0.05, 0.1) is 17.7 Å². The predicted octanol–water partition coefficient (Wildman–Crippen LogP) is 3.25. The zero-order valence-corrected chi connectivity index (χ0v) is 16.0. The Morgan fingerprint density at radius 1 is 1.37 bits per heavy atom. The van der Waals surface area contributed by atoms with Crippen LogP contribution in [0.25, 0.3) is 0 Å². The third kappa shape index (κ3) is 3.67. The number of aromatic nitrogens is 1. The van der Waals surface area contributed by atoms with E-state index >= 15 is 0 Å². The van der Waals surface area contributed by atoms with Gasteiger partial charge in [0.2, 0.25) is 0 Å².